The first-order chi connectivity index (χ1) is 6.45. The van der Waals surface area contributed by atoms with Crippen molar-refractivity contribution in [2.75, 3.05) is 0 Å². The summed E-state index contributed by atoms with van der Waals surface area (Å²) in [5, 5.41) is 2.79. The van der Waals surface area contributed by atoms with Gasteiger partial charge in [0.1, 0.15) is 0 Å². The smallest absolute Gasteiger partial charge is 1.00 e. The summed E-state index contributed by atoms with van der Waals surface area (Å²) in [5.74, 6) is 0. The normalized spacial score (nSPS) is 8.00. The first kappa shape index (κ1) is 18.3. The Morgan fingerprint density at radius 3 is 1.19 bits per heavy atom. The summed E-state index contributed by atoms with van der Waals surface area (Å²) in [6, 6.07) is 21.2. The molecule has 0 N–H and O–H groups in total. The van der Waals surface area contributed by atoms with Gasteiger partial charge in [-0.2, -0.15) is 0 Å². The van der Waals surface area contributed by atoms with Crippen LogP contribution in [0.4, 0.5) is 0 Å². The Morgan fingerprint density at radius 2 is 0.875 bits per heavy atom. The molecule has 0 aromatic heterocycles. The molecule has 4 heteroatoms. The molecule has 0 saturated carbocycles. The maximum atomic E-state index is 2.17. The van der Waals surface area contributed by atoms with E-state index in [0.29, 0.717) is 0 Å². The van der Waals surface area contributed by atoms with Gasteiger partial charge in [-0.15, -0.1) is 0 Å². The first-order valence-corrected chi connectivity index (χ1v) is 5.32. The van der Waals surface area contributed by atoms with Gasteiger partial charge in [0.15, 0.2) is 0 Å². The average Bonchev–Trinajstić information content (AvgIpc) is 2.21. The van der Waals surface area contributed by atoms with Gasteiger partial charge < -0.3 is 24.8 Å². The molecule has 0 nitrogen and oxygen atoms in total. The molecule has 0 amide bonds. The minimum absolute atomic E-state index is 0. The Bertz CT molecular complexity index is 330. The molecule has 0 bridgehead atoms. The summed E-state index contributed by atoms with van der Waals surface area (Å²) in [6.07, 6.45) is 0. The van der Waals surface area contributed by atoms with Crippen molar-refractivity contribution in [2.45, 2.75) is 0 Å². The fourth-order valence-electron chi connectivity index (χ4n) is 1.21. The molecule has 0 spiro atoms. The molecule has 16 heavy (non-hydrogen) atoms. The molecule has 0 atom stereocenters. The van der Waals surface area contributed by atoms with Crippen molar-refractivity contribution in [2.24, 2.45) is 0 Å². The number of halogens is 2. The summed E-state index contributed by atoms with van der Waals surface area (Å²) < 4.78 is 0. The Morgan fingerprint density at radius 1 is 0.562 bits per heavy atom. The first-order valence-electron chi connectivity index (χ1n) is 4.32. The van der Waals surface area contributed by atoms with Crippen LogP contribution in [-0.4, -0.2) is 0 Å². The SMILES string of the molecule is [Cl-].[Cl-].[Co+2].c1ccc(Pc2ccccc2)cc1. The van der Waals surface area contributed by atoms with Crippen LogP contribution in [0.3, 0.4) is 0 Å². The van der Waals surface area contributed by atoms with Crippen LogP contribution in [0.2, 0.25) is 0 Å². The number of hydrogen-bond acceptors (Lipinski definition) is 0. The van der Waals surface area contributed by atoms with Gasteiger partial charge in [0, 0.05) is 0 Å². The van der Waals surface area contributed by atoms with Crippen molar-refractivity contribution in [3.8, 4) is 0 Å². The van der Waals surface area contributed by atoms with E-state index in [9.17, 15) is 0 Å². The van der Waals surface area contributed by atoms with Crippen LogP contribution in [0, 0.1) is 0 Å². The summed E-state index contributed by atoms with van der Waals surface area (Å²) in [4.78, 5) is 0. The minimum atomic E-state index is 0. The van der Waals surface area contributed by atoms with Gasteiger partial charge in [-0.3, -0.25) is 0 Å². The second kappa shape index (κ2) is 10.1. The van der Waals surface area contributed by atoms with E-state index < -0.39 is 0 Å². The minimum Gasteiger partial charge on any atom is -1.00 e. The molecule has 2 aromatic rings. The number of benzene rings is 2. The van der Waals surface area contributed by atoms with Crippen molar-refractivity contribution in [1.82, 2.24) is 0 Å². The standard InChI is InChI=1S/C12H11P.2ClH.Co/c1-3-7-11(8-4-1)13-12-9-5-2-6-10-12;;;/h1-10,13H;2*1H;/q;;;+2/p-2. The van der Waals surface area contributed by atoms with Crippen LogP contribution in [0.5, 0.6) is 0 Å². The maximum Gasteiger partial charge on any atom is 2.00 e. The van der Waals surface area contributed by atoms with Gasteiger partial charge in [-0.05, 0) is 10.6 Å². The third-order valence-electron chi connectivity index (χ3n) is 1.84. The fourth-order valence-corrected chi connectivity index (χ4v) is 2.26. The van der Waals surface area contributed by atoms with Crippen LogP contribution in [0.1, 0.15) is 0 Å². The molecule has 0 aliphatic heterocycles. The van der Waals surface area contributed by atoms with Gasteiger partial charge in [0.25, 0.3) is 0 Å². The van der Waals surface area contributed by atoms with Gasteiger partial charge in [-0.25, -0.2) is 0 Å². The van der Waals surface area contributed by atoms with Crippen LogP contribution < -0.4 is 35.4 Å². The largest absolute Gasteiger partial charge is 2.00 e. The van der Waals surface area contributed by atoms with E-state index in [1.165, 1.54) is 10.6 Å². The van der Waals surface area contributed by atoms with Gasteiger partial charge in [0.05, 0.1) is 0 Å². The van der Waals surface area contributed by atoms with Gasteiger partial charge in [0.2, 0.25) is 0 Å². The predicted octanol–water partition coefficient (Wildman–Crippen LogP) is -3.68. The number of hydrogen-bond donors (Lipinski definition) is 0. The van der Waals surface area contributed by atoms with Gasteiger partial charge >= 0.3 is 16.8 Å². The third kappa shape index (κ3) is 5.88. The van der Waals surface area contributed by atoms with Crippen molar-refractivity contribution in [1.29, 1.82) is 0 Å². The topological polar surface area (TPSA) is 0 Å². The zero-order chi connectivity index (χ0) is 8.93. The molecule has 0 saturated heterocycles. The second-order valence-corrected chi connectivity index (χ2v) is 4.26. The Balaban J connectivity index is 0. The molecule has 2 aromatic carbocycles. The van der Waals surface area contributed by atoms with E-state index in [-0.39, 0.29) is 41.6 Å². The van der Waals surface area contributed by atoms with E-state index in [4.69, 9.17) is 0 Å². The second-order valence-electron chi connectivity index (χ2n) is 2.86. The molecule has 0 aliphatic carbocycles. The maximum absolute atomic E-state index is 2.17. The van der Waals surface area contributed by atoms with Crippen LogP contribution >= 0.6 is 8.58 Å². The number of rotatable bonds is 2. The molecular weight excluding hydrogens is 305 g/mol. The molecule has 0 aliphatic rings. The third-order valence-corrected chi connectivity index (χ3v) is 3.08. The quantitative estimate of drug-likeness (QED) is 0.501. The molecule has 2 rings (SSSR count). The summed E-state index contributed by atoms with van der Waals surface area (Å²) >= 11 is 0. The summed E-state index contributed by atoms with van der Waals surface area (Å²) in [6.45, 7) is 0. The van der Waals surface area contributed by atoms with Crippen molar-refractivity contribution in [3.63, 3.8) is 0 Å². The van der Waals surface area contributed by atoms with E-state index >= 15 is 0 Å². The van der Waals surface area contributed by atoms with E-state index in [2.05, 4.69) is 60.7 Å². The Labute approximate surface area is 121 Å². The zero-order valence-electron chi connectivity index (χ0n) is 8.36. The Kier molecular flexibility index (Phi) is 11.6. The summed E-state index contributed by atoms with van der Waals surface area (Å²) in [7, 11) is 0.777. The molecule has 0 heterocycles. The predicted molar refractivity (Wildman–Crippen MR) is 60.5 cm³/mol. The molecule has 1 radical (unpaired) electrons. The van der Waals surface area contributed by atoms with Crippen LogP contribution in [0.15, 0.2) is 60.7 Å². The van der Waals surface area contributed by atoms with E-state index in [1.54, 1.807) is 0 Å². The van der Waals surface area contributed by atoms with Crippen LogP contribution in [-0.2, 0) is 16.8 Å². The molecule has 0 unspecified atom stereocenters. The van der Waals surface area contributed by atoms with E-state index in [0.717, 1.165) is 8.58 Å². The average molecular weight is 316 g/mol. The molecule has 0 fully saturated rings. The monoisotopic (exact) mass is 315 g/mol. The zero-order valence-corrected chi connectivity index (χ0v) is 11.9. The summed E-state index contributed by atoms with van der Waals surface area (Å²) in [5.41, 5.74) is 0. The van der Waals surface area contributed by atoms with Gasteiger partial charge in [-0.1, -0.05) is 69.2 Å². The molecule has 87 valence electrons. The van der Waals surface area contributed by atoms with Crippen molar-refractivity contribution < 1.29 is 41.6 Å². The van der Waals surface area contributed by atoms with Crippen molar-refractivity contribution in [3.05, 3.63) is 60.7 Å². The molecular formula is C12H11Cl2CoP. The Hall–Kier alpha value is -0.0435. The van der Waals surface area contributed by atoms with E-state index in [1.807, 2.05) is 0 Å². The fraction of sp³-hybridized carbons (Fsp3) is 0. The van der Waals surface area contributed by atoms with Crippen molar-refractivity contribution >= 4 is 19.2 Å². The van der Waals surface area contributed by atoms with Crippen LogP contribution in [0.25, 0.3) is 0 Å².